The predicted molar refractivity (Wildman–Crippen MR) is 115 cm³/mol. The van der Waals surface area contributed by atoms with Crippen LogP contribution in [0, 0.1) is 11.3 Å². The summed E-state index contributed by atoms with van der Waals surface area (Å²) in [5.41, 5.74) is 13.7. The highest BCUT2D eigenvalue weighted by molar-refractivity contribution is 5.94. The van der Waals surface area contributed by atoms with Crippen LogP contribution in [0.3, 0.4) is 0 Å². The Morgan fingerprint density at radius 3 is 2.18 bits per heavy atom. The third-order valence-corrected chi connectivity index (χ3v) is 7.45. The first-order valence-corrected chi connectivity index (χ1v) is 10.8. The van der Waals surface area contributed by atoms with E-state index < -0.39 is 0 Å². The molecule has 4 rings (SSSR count). The Hall–Kier alpha value is -2.04. The van der Waals surface area contributed by atoms with E-state index in [1.807, 2.05) is 12.1 Å². The lowest BCUT2D eigenvalue weighted by Crippen LogP contribution is -2.46. The van der Waals surface area contributed by atoms with Gasteiger partial charge in [-0.1, -0.05) is 26.0 Å². The largest absolute Gasteiger partial charge is 0.370 e. The van der Waals surface area contributed by atoms with Crippen LogP contribution in [0.4, 0.5) is 0 Å². The van der Waals surface area contributed by atoms with Gasteiger partial charge in [0, 0.05) is 18.7 Å². The number of nitrogens with one attached hydrogen (secondary N) is 1. The Morgan fingerprint density at radius 2 is 1.64 bits per heavy atom. The van der Waals surface area contributed by atoms with E-state index in [2.05, 4.69) is 36.3 Å². The summed E-state index contributed by atoms with van der Waals surface area (Å²) in [7, 11) is 0. The van der Waals surface area contributed by atoms with Gasteiger partial charge in [0.25, 0.3) is 5.91 Å². The van der Waals surface area contributed by atoms with Crippen LogP contribution in [0.25, 0.3) is 0 Å². The second-order valence-corrected chi connectivity index (χ2v) is 9.14. The van der Waals surface area contributed by atoms with Gasteiger partial charge in [-0.15, -0.1) is 0 Å². The lowest BCUT2D eigenvalue weighted by Gasteiger charge is -2.56. The van der Waals surface area contributed by atoms with Crippen molar-refractivity contribution in [3.8, 4) is 0 Å². The van der Waals surface area contributed by atoms with Crippen molar-refractivity contribution in [3.05, 3.63) is 35.4 Å². The maximum absolute atomic E-state index is 12.4. The molecule has 5 N–H and O–H groups in total. The quantitative estimate of drug-likeness (QED) is 0.362. The number of guanidine groups is 1. The summed E-state index contributed by atoms with van der Waals surface area (Å²) < 4.78 is 0. The van der Waals surface area contributed by atoms with Crippen LogP contribution in [0.1, 0.15) is 81.1 Å². The second-order valence-electron chi connectivity index (χ2n) is 9.14. The number of benzene rings is 1. The van der Waals surface area contributed by atoms with E-state index in [-0.39, 0.29) is 11.9 Å². The Kier molecular flexibility index (Phi) is 6.31. The molecule has 0 atom stereocenters. The molecule has 0 saturated heterocycles. The number of nitrogens with two attached hydrogens (primary N) is 2. The number of nitrogens with zero attached hydrogens (tertiary/aromatic N) is 1. The minimum absolute atomic E-state index is 0.00277. The lowest BCUT2D eigenvalue weighted by molar-refractivity contribution is 0.00186. The highest BCUT2D eigenvalue weighted by Gasteiger charge is 2.50. The fraction of sp³-hybridized carbons (Fsp3) is 0.652. The van der Waals surface area contributed by atoms with E-state index in [1.165, 1.54) is 44.1 Å². The van der Waals surface area contributed by atoms with Gasteiger partial charge in [-0.05, 0) is 85.8 Å². The molecule has 1 amide bonds. The summed E-state index contributed by atoms with van der Waals surface area (Å²) >= 11 is 0. The topological polar surface area (TPSA) is 93.5 Å². The van der Waals surface area contributed by atoms with Crippen LogP contribution >= 0.6 is 0 Å². The summed E-state index contributed by atoms with van der Waals surface area (Å²) in [4.78, 5) is 16.3. The SMILES string of the molecule is CC(C)C12CCC(c3ccc(C(=O)NCCCCN=C(N)N)cc3)(CC1)CC2. The monoisotopic (exact) mass is 384 g/mol. The number of unbranched alkanes of at least 4 members (excludes halogenated alkanes) is 1. The Bertz CT molecular complexity index is 679. The van der Waals surface area contributed by atoms with Gasteiger partial charge >= 0.3 is 0 Å². The highest BCUT2D eigenvalue weighted by Crippen LogP contribution is 2.60. The molecular formula is C23H36N4O. The van der Waals surface area contributed by atoms with Gasteiger partial charge in [-0.3, -0.25) is 9.79 Å². The molecule has 28 heavy (non-hydrogen) atoms. The fourth-order valence-electron chi connectivity index (χ4n) is 5.24. The molecule has 3 aliphatic rings. The van der Waals surface area contributed by atoms with Crippen LogP contribution in [0.5, 0.6) is 0 Å². The molecule has 2 bridgehead atoms. The van der Waals surface area contributed by atoms with E-state index in [4.69, 9.17) is 11.5 Å². The molecule has 0 heterocycles. The summed E-state index contributed by atoms with van der Waals surface area (Å²) in [6, 6.07) is 8.39. The molecule has 5 heteroatoms. The molecule has 3 fully saturated rings. The van der Waals surface area contributed by atoms with Crippen molar-refractivity contribution < 1.29 is 4.79 Å². The molecule has 0 radical (unpaired) electrons. The summed E-state index contributed by atoms with van der Waals surface area (Å²) in [5, 5.41) is 2.98. The number of carbonyl (C=O) groups is 1. The normalized spacial score (nSPS) is 26.2. The Labute approximate surface area is 169 Å². The number of carbonyl (C=O) groups excluding carboxylic acids is 1. The number of aliphatic imine (C=N–C) groups is 1. The van der Waals surface area contributed by atoms with Gasteiger partial charge < -0.3 is 16.8 Å². The van der Waals surface area contributed by atoms with Crippen LogP contribution in [-0.2, 0) is 5.41 Å². The average Bonchev–Trinajstić information content (AvgIpc) is 2.71. The van der Waals surface area contributed by atoms with Gasteiger partial charge in [-0.25, -0.2) is 0 Å². The van der Waals surface area contributed by atoms with Crippen molar-refractivity contribution in [2.45, 2.75) is 70.6 Å². The van der Waals surface area contributed by atoms with Crippen molar-refractivity contribution in [2.75, 3.05) is 13.1 Å². The van der Waals surface area contributed by atoms with E-state index in [9.17, 15) is 4.79 Å². The summed E-state index contributed by atoms with van der Waals surface area (Å²) in [5.74, 6) is 0.905. The highest BCUT2D eigenvalue weighted by atomic mass is 16.1. The first-order chi connectivity index (χ1) is 13.4. The van der Waals surface area contributed by atoms with E-state index in [0.717, 1.165) is 24.3 Å². The molecule has 5 nitrogen and oxygen atoms in total. The van der Waals surface area contributed by atoms with Crippen LogP contribution in [0.15, 0.2) is 29.3 Å². The second kappa shape index (κ2) is 8.54. The van der Waals surface area contributed by atoms with Crippen molar-refractivity contribution in [3.63, 3.8) is 0 Å². The molecule has 1 aromatic carbocycles. The van der Waals surface area contributed by atoms with Crippen molar-refractivity contribution >= 4 is 11.9 Å². The number of fused-ring (bicyclic) bond motifs is 3. The fourth-order valence-corrected chi connectivity index (χ4v) is 5.24. The summed E-state index contributed by atoms with van der Waals surface area (Å²) in [6.45, 7) is 6.04. The first-order valence-electron chi connectivity index (χ1n) is 10.8. The minimum Gasteiger partial charge on any atom is -0.370 e. The molecule has 3 aliphatic carbocycles. The van der Waals surface area contributed by atoms with Gasteiger partial charge in [0.05, 0.1) is 0 Å². The van der Waals surface area contributed by atoms with Crippen LogP contribution < -0.4 is 16.8 Å². The van der Waals surface area contributed by atoms with Crippen LogP contribution in [0.2, 0.25) is 0 Å². The molecule has 154 valence electrons. The molecule has 1 aromatic rings. The van der Waals surface area contributed by atoms with Crippen LogP contribution in [-0.4, -0.2) is 25.0 Å². The van der Waals surface area contributed by atoms with E-state index in [0.29, 0.717) is 23.9 Å². The van der Waals surface area contributed by atoms with E-state index in [1.54, 1.807) is 0 Å². The maximum Gasteiger partial charge on any atom is 0.251 e. The van der Waals surface area contributed by atoms with Crippen molar-refractivity contribution in [1.29, 1.82) is 0 Å². The minimum atomic E-state index is -0.00277. The molecule has 0 aromatic heterocycles. The third kappa shape index (κ3) is 4.34. The van der Waals surface area contributed by atoms with Crippen molar-refractivity contribution in [1.82, 2.24) is 5.32 Å². The maximum atomic E-state index is 12.4. The first kappa shape index (κ1) is 20.7. The third-order valence-electron chi connectivity index (χ3n) is 7.45. The number of amides is 1. The van der Waals surface area contributed by atoms with Gasteiger partial charge in [-0.2, -0.15) is 0 Å². The standard InChI is InChI=1S/C23H36N4O/c1-17(2)22-9-12-23(13-10-22,14-11-22)19-7-5-18(6-8-19)20(28)26-15-3-4-16-27-21(24)25/h5-8,17H,3-4,9-16H2,1-2H3,(H,26,28)(H4,24,25,27). The zero-order chi connectivity index (χ0) is 20.2. The molecule has 0 unspecified atom stereocenters. The molecule has 0 spiro atoms. The number of rotatable bonds is 8. The van der Waals surface area contributed by atoms with E-state index >= 15 is 0 Å². The Morgan fingerprint density at radius 1 is 1.04 bits per heavy atom. The number of hydrogen-bond acceptors (Lipinski definition) is 2. The lowest BCUT2D eigenvalue weighted by atomic mass is 9.49. The zero-order valence-corrected chi connectivity index (χ0v) is 17.5. The smallest absolute Gasteiger partial charge is 0.251 e. The zero-order valence-electron chi connectivity index (χ0n) is 17.5. The Balaban J connectivity index is 1.51. The molecule has 0 aliphatic heterocycles. The number of hydrogen-bond donors (Lipinski definition) is 3. The van der Waals surface area contributed by atoms with Crippen molar-refractivity contribution in [2.24, 2.45) is 27.8 Å². The average molecular weight is 385 g/mol. The predicted octanol–water partition coefficient (Wildman–Crippen LogP) is 3.72. The molecule has 3 saturated carbocycles. The van der Waals surface area contributed by atoms with Gasteiger partial charge in [0.1, 0.15) is 0 Å². The van der Waals surface area contributed by atoms with Gasteiger partial charge in [0.15, 0.2) is 5.96 Å². The summed E-state index contributed by atoms with van der Waals surface area (Å²) in [6.07, 6.45) is 9.68. The van der Waals surface area contributed by atoms with Gasteiger partial charge in [0.2, 0.25) is 0 Å². The molecular weight excluding hydrogens is 348 g/mol.